The summed E-state index contributed by atoms with van der Waals surface area (Å²) in [6, 6.07) is 14.7. The Bertz CT molecular complexity index is 1300. The van der Waals surface area contributed by atoms with Crippen molar-refractivity contribution in [1.29, 1.82) is 0 Å². The zero-order valence-electron chi connectivity index (χ0n) is 18.7. The highest BCUT2D eigenvalue weighted by atomic mass is 32.1. The fourth-order valence-corrected chi connectivity index (χ4v) is 4.98. The van der Waals surface area contributed by atoms with Crippen LogP contribution in [0.25, 0.3) is 21.3 Å². The van der Waals surface area contributed by atoms with Gasteiger partial charge in [0.25, 0.3) is 0 Å². The zero-order valence-corrected chi connectivity index (χ0v) is 19.5. The molecular formula is C26H24F3NO3S. The van der Waals surface area contributed by atoms with Gasteiger partial charge in [-0.2, -0.15) is 13.2 Å². The van der Waals surface area contributed by atoms with Gasteiger partial charge in [0, 0.05) is 26.9 Å². The van der Waals surface area contributed by atoms with Gasteiger partial charge in [0.05, 0.1) is 5.56 Å². The number of hydrogen-bond donors (Lipinski definition) is 1. The van der Waals surface area contributed by atoms with Crippen LogP contribution in [0.15, 0.2) is 60.8 Å². The maximum atomic E-state index is 12.9. The lowest BCUT2D eigenvalue weighted by Gasteiger charge is -2.09. The van der Waals surface area contributed by atoms with E-state index in [4.69, 9.17) is 9.84 Å². The fourth-order valence-electron chi connectivity index (χ4n) is 3.87. The highest BCUT2D eigenvalue weighted by Crippen LogP contribution is 2.36. The van der Waals surface area contributed by atoms with E-state index in [1.165, 1.54) is 23.5 Å². The molecule has 0 spiro atoms. The second kappa shape index (κ2) is 9.54. The van der Waals surface area contributed by atoms with Crippen LogP contribution < -0.4 is 4.74 Å². The average molecular weight is 488 g/mol. The van der Waals surface area contributed by atoms with Crippen LogP contribution in [0.4, 0.5) is 13.2 Å². The van der Waals surface area contributed by atoms with Crippen molar-refractivity contribution in [3.63, 3.8) is 0 Å². The zero-order chi connectivity index (χ0) is 24.5. The number of carbonyl (C=O) groups is 1. The van der Waals surface area contributed by atoms with Gasteiger partial charge in [-0.1, -0.05) is 26.0 Å². The minimum absolute atomic E-state index is 0.107. The van der Waals surface area contributed by atoms with E-state index in [0.29, 0.717) is 18.3 Å². The van der Waals surface area contributed by atoms with Crippen LogP contribution in [0.2, 0.25) is 0 Å². The van der Waals surface area contributed by atoms with Crippen molar-refractivity contribution in [2.75, 3.05) is 0 Å². The fraction of sp³-hybridized carbons (Fsp3) is 0.269. The molecule has 4 nitrogen and oxygen atoms in total. The standard InChI is InChI=1S/C26H24F3NO3S/c1-16(2)11-19-13-23(17-3-5-20(6-4-17)26(27,28)29)34-24(19)15-33-21-7-8-22-18(12-21)9-10-30(22)14-25(31)32/h3-10,12-13,16H,11,14-15H2,1-2H3,(H,31,32). The van der Waals surface area contributed by atoms with Crippen LogP contribution in [0.3, 0.4) is 0 Å². The summed E-state index contributed by atoms with van der Waals surface area (Å²) in [5.41, 5.74) is 2.03. The van der Waals surface area contributed by atoms with Gasteiger partial charge in [0.1, 0.15) is 18.9 Å². The number of aliphatic carboxylic acids is 1. The third-order valence-corrected chi connectivity index (χ3v) is 6.64. The molecule has 4 aromatic rings. The quantitative estimate of drug-likeness (QED) is 0.285. The Morgan fingerprint density at radius 3 is 2.47 bits per heavy atom. The summed E-state index contributed by atoms with van der Waals surface area (Å²) >= 11 is 1.53. The molecule has 0 saturated carbocycles. The lowest BCUT2D eigenvalue weighted by Crippen LogP contribution is -2.07. The number of rotatable bonds is 8. The third kappa shape index (κ3) is 5.44. The Labute approximate surface area is 199 Å². The summed E-state index contributed by atoms with van der Waals surface area (Å²) in [6.07, 6.45) is -1.78. The molecule has 2 aromatic carbocycles. The smallest absolute Gasteiger partial charge is 0.416 e. The molecule has 34 heavy (non-hydrogen) atoms. The molecule has 8 heteroatoms. The normalized spacial score (nSPS) is 11.9. The average Bonchev–Trinajstić information content (AvgIpc) is 3.34. The molecule has 0 amide bonds. The van der Waals surface area contributed by atoms with E-state index in [9.17, 15) is 18.0 Å². The van der Waals surface area contributed by atoms with Crippen molar-refractivity contribution in [3.05, 3.63) is 76.8 Å². The number of aromatic nitrogens is 1. The Balaban J connectivity index is 1.55. The van der Waals surface area contributed by atoms with Gasteiger partial charge in [0.15, 0.2) is 0 Å². The van der Waals surface area contributed by atoms with E-state index in [1.54, 1.807) is 10.8 Å². The summed E-state index contributed by atoms with van der Waals surface area (Å²) in [6.45, 7) is 4.48. The van der Waals surface area contributed by atoms with Crippen LogP contribution in [-0.4, -0.2) is 15.6 Å². The number of halogens is 3. The van der Waals surface area contributed by atoms with Gasteiger partial charge in [0.2, 0.25) is 0 Å². The molecule has 0 aliphatic carbocycles. The molecule has 0 bridgehead atoms. The minimum Gasteiger partial charge on any atom is -0.488 e. The van der Waals surface area contributed by atoms with E-state index >= 15 is 0 Å². The second-order valence-electron chi connectivity index (χ2n) is 8.58. The van der Waals surface area contributed by atoms with Crippen molar-refractivity contribution in [3.8, 4) is 16.2 Å². The minimum atomic E-state index is -4.36. The van der Waals surface area contributed by atoms with E-state index in [0.717, 1.165) is 50.3 Å². The van der Waals surface area contributed by atoms with Gasteiger partial charge in [-0.25, -0.2) is 0 Å². The number of alkyl halides is 3. The molecule has 2 heterocycles. The molecule has 0 saturated heterocycles. The van der Waals surface area contributed by atoms with E-state index in [1.807, 2.05) is 30.3 Å². The van der Waals surface area contributed by atoms with Gasteiger partial charge >= 0.3 is 12.1 Å². The van der Waals surface area contributed by atoms with E-state index in [2.05, 4.69) is 13.8 Å². The van der Waals surface area contributed by atoms with E-state index < -0.39 is 17.7 Å². The molecule has 2 aromatic heterocycles. The Kier molecular flexibility index (Phi) is 6.70. The molecular weight excluding hydrogens is 463 g/mol. The van der Waals surface area contributed by atoms with Crippen LogP contribution in [0.1, 0.15) is 29.9 Å². The number of thiophene rings is 1. The first-order chi connectivity index (χ1) is 16.1. The highest BCUT2D eigenvalue weighted by Gasteiger charge is 2.30. The number of carboxylic acids is 1. The summed E-state index contributed by atoms with van der Waals surface area (Å²) < 4.78 is 46.5. The predicted molar refractivity (Wildman–Crippen MR) is 127 cm³/mol. The number of hydrogen-bond acceptors (Lipinski definition) is 3. The molecule has 0 aliphatic rings. The lowest BCUT2D eigenvalue weighted by molar-refractivity contribution is -0.138. The third-order valence-electron chi connectivity index (χ3n) is 5.44. The summed E-state index contributed by atoms with van der Waals surface area (Å²) in [5.74, 6) is 0.178. The maximum absolute atomic E-state index is 12.9. The van der Waals surface area contributed by atoms with Crippen LogP contribution >= 0.6 is 11.3 Å². The van der Waals surface area contributed by atoms with Gasteiger partial charge in [-0.15, -0.1) is 11.3 Å². The van der Waals surface area contributed by atoms with Gasteiger partial charge in [-0.05, 0) is 65.9 Å². The van der Waals surface area contributed by atoms with Crippen molar-refractivity contribution < 1.29 is 27.8 Å². The second-order valence-corrected chi connectivity index (χ2v) is 9.72. The number of nitrogens with zero attached hydrogens (tertiary/aromatic N) is 1. The molecule has 0 unspecified atom stereocenters. The van der Waals surface area contributed by atoms with Crippen molar-refractivity contribution in [2.45, 2.75) is 39.6 Å². The monoisotopic (exact) mass is 487 g/mol. The summed E-state index contributed by atoms with van der Waals surface area (Å²) in [5, 5.41) is 9.92. The Hall–Kier alpha value is -3.26. The number of benzene rings is 2. The lowest BCUT2D eigenvalue weighted by atomic mass is 10.0. The number of ether oxygens (including phenoxy) is 1. The molecule has 0 atom stereocenters. The molecule has 4 rings (SSSR count). The van der Waals surface area contributed by atoms with Gasteiger partial charge in [-0.3, -0.25) is 4.79 Å². The van der Waals surface area contributed by atoms with Crippen molar-refractivity contribution in [2.24, 2.45) is 5.92 Å². The molecule has 1 N–H and O–H groups in total. The van der Waals surface area contributed by atoms with Crippen LogP contribution in [-0.2, 0) is 30.5 Å². The highest BCUT2D eigenvalue weighted by molar-refractivity contribution is 7.15. The largest absolute Gasteiger partial charge is 0.488 e. The first-order valence-corrected chi connectivity index (χ1v) is 11.6. The van der Waals surface area contributed by atoms with Gasteiger partial charge < -0.3 is 14.4 Å². The first kappa shape index (κ1) is 23.9. The molecule has 0 radical (unpaired) electrons. The number of carboxylic acid groups (broad SMARTS) is 1. The molecule has 0 aliphatic heterocycles. The number of fused-ring (bicyclic) bond motifs is 1. The predicted octanol–water partition coefficient (Wildman–Crippen LogP) is 7.25. The van der Waals surface area contributed by atoms with Crippen LogP contribution in [0, 0.1) is 5.92 Å². The SMILES string of the molecule is CC(C)Cc1cc(-c2ccc(C(F)(F)F)cc2)sc1COc1ccc2c(ccn2CC(=O)O)c1. The maximum Gasteiger partial charge on any atom is 0.416 e. The van der Waals surface area contributed by atoms with E-state index in [-0.39, 0.29) is 6.54 Å². The topological polar surface area (TPSA) is 51.5 Å². The van der Waals surface area contributed by atoms with Crippen molar-refractivity contribution in [1.82, 2.24) is 4.57 Å². The van der Waals surface area contributed by atoms with Crippen molar-refractivity contribution >= 4 is 28.2 Å². The molecule has 0 fully saturated rings. The first-order valence-electron chi connectivity index (χ1n) is 10.8. The Morgan fingerprint density at radius 1 is 1.09 bits per heavy atom. The van der Waals surface area contributed by atoms with Crippen LogP contribution in [0.5, 0.6) is 5.75 Å². The molecule has 178 valence electrons. The summed E-state index contributed by atoms with van der Waals surface area (Å²) in [7, 11) is 0. The Morgan fingerprint density at radius 2 is 1.82 bits per heavy atom. The summed E-state index contributed by atoms with van der Waals surface area (Å²) in [4.78, 5) is 13.0.